The first-order valence-corrected chi connectivity index (χ1v) is 11.4. The van der Waals surface area contributed by atoms with Crippen molar-refractivity contribution in [1.29, 1.82) is 0 Å². The van der Waals surface area contributed by atoms with Gasteiger partial charge in [0.05, 0.1) is 18.2 Å². The summed E-state index contributed by atoms with van der Waals surface area (Å²) < 4.78 is 27.1. The molecule has 9 heteroatoms. The van der Waals surface area contributed by atoms with Crippen LogP contribution in [0.5, 0.6) is 17.2 Å². The van der Waals surface area contributed by atoms with Crippen molar-refractivity contribution in [3.63, 3.8) is 0 Å². The highest BCUT2D eigenvalue weighted by atomic mass is 32.2. The maximum absolute atomic E-state index is 13.7. The molecular weight excluding hydrogens is 455 g/mol. The number of nitrogens with zero attached hydrogens (tertiary/aromatic N) is 3. The molecule has 34 heavy (non-hydrogen) atoms. The van der Waals surface area contributed by atoms with E-state index in [4.69, 9.17) is 14.5 Å². The van der Waals surface area contributed by atoms with E-state index in [9.17, 15) is 8.68 Å². The van der Waals surface area contributed by atoms with Crippen molar-refractivity contribution in [3.8, 4) is 28.5 Å². The Bertz CT molecular complexity index is 1330. The maximum atomic E-state index is 13.7. The third-order valence-corrected chi connectivity index (χ3v) is 5.86. The number of fused-ring (bicyclic) bond motifs is 1. The van der Waals surface area contributed by atoms with E-state index in [2.05, 4.69) is 10.3 Å². The number of amides is 1. The first-order chi connectivity index (χ1) is 16.6. The van der Waals surface area contributed by atoms with Crippen molar-refractivity contribution >= 4 is 24.1 Å². The fraction of sp³-hybridized carbons (Fsp3) is 0.160. The lowest BCUT2D eigenvalue weighted by atomic mass is 9.96. The Morgan fingerprint density at radius 3 is 2.79 bits per heavy atom. The second-order valence-electron chi connectivity index (χ2n) is 7.89. The van der Waals surface area contributed by atoms with Crippen LogP contribution in [0.2, 0.25) is 0 Å². The van der Waals surface area contributed by atoms with E-state index in [1.165, 1.54) is 10.9 Å². The molecular formula is C25H21FN4O3S. The molecule has 3 heterocycles. The van der Waals surface area contributed by atoms with E-state index >= 15 is 0 Å². The molecule has 0 saturated carbocycles. The predicted molar refractivity (Wildman–Crippen MR) is 129 cm³/mol. The molecule has 4 aromatic rings. The van der Waals surface area contributed by atoms with Crippen LogP contribution in [0.15, 0.2) is 73.1 Å². The molecule has 1 aliphatic heterocycles. The maximum Gasteiger partial charge on any atom is 0.222 e. The molecule has 2 aromatic heterocycles. The van der Waals surface area contributed by atoms with Crippen LogP contribution in [0, 0.1) is 0 Å². The molecule has 0 radical (unpaired) electrons. The number of hydrogen-bond donors (Lipinski definition) is 1. The number of halogens is 1. The van der Waals surface area contributed by atoms with Gasteiger partial charge >= 0.3 is 0 Å². The fourth-order valence-corrected chi connectivity index (χ4v) is 4.31. The van der Waals surface area contributed by atoms with E-state index < -0.39 is 0 Å². The van der Waals surface area contributed by atoms with Crippen LogP contribution >= 0.6 is 12.3 Å². The Morgan fingerprint density at radius 1 is 1.18 bits per heavy atom. The highest BCUT2D eigenvalue weighted by Gasteiger charge is 2.27. The van der Waals surface area contributed by atoms with Gasteiger partial charge in [-0.2, -0.15) is 0 Å². The van der Waals surface area contributed by atoms with Gasteiger partial charge in [-0.05, 0) is 36.2 Å². The average molecular weight is 477 g/mol. The molecule has 1 unspecified atom stereocenters. The summed E-state index contributed by atoms with van der Waals surface area (Å²) in [6, 6.07) is 18.7. The summed E-state index contributed by atoms with van der Waals surface area (Å²) >= 11 is 0.134. The van der Waals surface area contributed by atoms with Gasteiger partial charge in [0.25, 0.3) is 0 Å². The molecule has 1 N–H and O–H groups in total. The fourth-order valence-electron chi connectivity index (χ4n) is 3.91. The van der Waals surface area contributed by atoms with Gasteiger partial charge in [0.15, 0.2) is 12.3 Å². The zero-order chi connectivity index (χ0) is 23.5. The minimum atomic E-state index is -0.207. The summed E-state index contributed by atoms with van der Waals surface area (Å²) in [6.07, 6.45) is 3.91. The predicted octanol–water partition coefficient (Wildman–Crippen LogP) is 5.80. The Balaban J connectivity index is 1.37. The first-order valence-electron chi connectivity index (χ1n) is 10.7. The van der Waals surface area contributed by atoms with Crippen LogP contribution in [-0.4, -0.2) is 26.5 Å². The summed E-state index contributed by atoms with van der Waals surface area (Å²) in [5.74, 6) is 2.65. The zero-order valence-electron chi connectivity index (χ0n) is 18.3. The monoisotopic (exact) mass is 476 g/mol. The molecule has 172 valence electrons. The molecule has 1 amide bonds. The number of rotatable bonds is 6. The largest absolute Gasteiger partial charge is 0.493 e. The van der Waals surface area contributed by atoms with Crippen LogP contribution in [-0.2, 0) is 11.2 Å². The van der Waals surface area contributed by atoms with Crippen LogP contribution in [0.1, 0.15) is 24.2 Å². The van der Waals surface area contributed by atoms with E-state index in [0.29, 0.717) is 36.2 Å². The Labute approximate surface area is 200 Å². The molecule has 0 saturated heterocycles. The molecule has 1 aliphatic rings. The van der Waals surface area contributed by atoms with E-state index in [-0.39, 0.29) is 24.2 Å². The summed E-state index contributed by atoms with van der Waals surface area (Å²) in [5, 5.41) is 2.64. The van der Waals surface area contributed by atoms with E-state index in [1.807, 2.05) is 48.5 Å². The Kier molecular flexibility index (Phi) is 6.18. The molecule has 2 aromatic carbocycles. The van der Waals surface area contributed by atoms with Gasteiger partial charge in [-0.1, -0.05) is 30.3 Å². The number of carbonyl (C=O) groups excluding carboxylic acids is 1. The smallest absolute Gasteiger partial charge is 0.222 e. The quantitative estimate of drug-likeness (QED) is 0.379. The number of hydrogen-bond acceptors (Lipinski definition) is 6. The number of ether oxygens (including phenoxy) is 2. The van der Waals surface area contributed by atoms with Crippen LogP contribution in [0.3, 0.4) is 0 Å². The topological polar surface area (TPSA) is 78.3 Å². The molecule has 1 atom stereocenters. The molecule has 0 aliphatic carbocycles. The van der Waals surface area contributed by atoms with Crippen molar-refractivity contribution in [2.45, 2.75) is 19.3 Å². The number of anilines is 1. The van der Waals surface area contributed by atoms with Gasteiger partial charge in [0.1, 0.15) is 28.9 Å². The second-order valence-corrected chi connectivity index (χ2v) is 8.42. The van der Waals surface area contributed by atoms with Crippen molar-refractivity contribution in [1.82, 2.24) is 13.9 Å². The number of benzene rings is 2. The minimum absolute atomic E-state index is 0.115. The van der Waals surface area contributed by atoms with Gasteiger partial charge in [0, 0.05) is 30.9 Å². The number of nitrogens with one attached hydrogen (secondary N) is 1. The van der Waals surface area contributed by atoms with Crippen LogP contribution < -0.4 is 14.8 Å². The normalized spacial score (nSPS) is 14.7. The summed E-state index contributed by atoms with van der Waals surface area (Å²) in [7, 11) is 0. The highest BCUT2D eigenvalue weighted by Crippen LogP contribution is 2.37. The molecule has 5 rings (SSSR count). The van der Waals surface area contributed by atoms with E-state index in [0.717, 1.165) is 22.6 Å². The van der Waals surface area contributed by atoms with Gasteiger partial charge in [-0.3, -0.25) is 4.79 Å². The lowest BCUT2D eigenvalue weighted by molar-refractivity contribution is -0.114. The lowest BCUT2D eigenvalue weighted by Gasteiger charge is -2.25. The third kappa shape index (κ3) is 4.74. The van der Waals surface area contributed by atoms with Crippen LogP contribution in [0.25, 0.3) is 11.3 Å². The molecule has 0 bridgehead atoms. The van der Waals surface area contributed by atoms with Gasteiger partial charge in [0.2, 0.25) is 5.91 Å². The van der Waals surface area contributed by atoms with Gasteiger partial charge in [-0.25, -0.2) is 13.9 Å². The number of aromatic nitrogens is 3. The molecule has 0 spiro atoms. The van der Waals surface area contributed by atoms with E-state index in [1.54, 1.807) is 24.5 Å². The van der Waals surface area contributed by atoms with Crippen molar-refractivity contribution in [2.24, 2.45) is 0 Å². The lowest BCUT2D eigenvalue weighted by Crippen LogP contribution is -2.21. The summed E-state index contributed by atoms with van der Waals surface area (Å²) in [6.45, 7) is 1.83. The highest BCUT2D eigenvalue weighted by molar-refractivity contribution is 7.92. The van der Waals surface area contributed by atoms with Crippen LogP contribution in [0.4, 0.5) is 9.70 Å². The molecule has 0 fully saturated rings. The SMILES string of the molecule is CC(=O)Nc1cc(Oc2ccc3c(c2)CC(c2nc(-c4ccccc4)cn2SF)CO3)ccn1. The zero-order valence-corrected chi connectivity index (χ0v) is 19.1. The number of carbonyl (C=O) groups is 1. The molecule has 7 nitrogen and oxygen atoms in total. The van der Waals surface area contributed by atoms with Crippen molar-refractivity contribution in [2.75, 3.05) is 11.9 Å². The average Bonchev–Trinajstić information content (AvgIpc) is 3.29. The first kappa shape index (κ1) is 22.0. The van der Waals surface area contributed by atoms with Gasteiger partial charge < -0.3 is 14.8 Å². The summed E-state index contributed by atoms with van der Waals surface area (Å²) in [4.78, 5) is 20.1. The second kappa shape index (κ2) is 9.56. The number of imidazole rings is 1. The van der Waals surface area contributed by atoms with Crippen molar-refractivity contribution < 1.29 is 18.2 Å². The standard InChI is InChI=1S/C25H21FN4O3S/c1-16(31)28-24-13-21(9-10-27-24)33-20-7-8-23-18(12-20)11-19(15-32-23)25-29-22(14-30(25)34-26)17-5-3-2-4-6-17/h2-10,12-14,19H,11,15H2,1H3,(H,27,28,31). The van der Waals surface area contributed by atoms with Crippen molar-refractivity contribution in [3.05, 3.63) is 84.4 Å². The third-order valence-electron chi connectivity index (χ3n) is 5.42. The number of pyridine rings is 1. The Morgan fingerprint density at radius 2 is 2.00 bits per heavy atom. The minimum Gasteiger partial charge on any atom is -0.493 e. The summed E-state index contributed by atoms with van der Waals surface area (Å²) in [5.41, 5.74) is 2.60. The van der Waals surface area contributed by atoms with Gasteiger partial charge in [-0.15, -0.1) is 3.89 Å². The Hall–Kier alpha value is -3.85.